The lowest BCUT2D eigenvalue weighted by molar-refractivity contribution is -0.141. The third kappa shape index (κ3) is 6.68. The molecule has 10 nitrogen and oxygen atoms in total. The van der Waals surface area contributed by atoms with Gasteiger partial charge in [-0.3, -0.25) is 9.69 Å². The lowest BCUT2D eigenvalue weighted by Crippen LogP contribution is -2.54. The number of aromatic nitrogens is 4. The zero-order valence-corrected chi connectivity index (χ0v) is 26.4. The van der Waals surface area contributed by atoms with E-state index in [9.17, 15) is 22.8 Å². The van der Waals surface area contributed by atoms with Crippen LogP contribution in [0.2, 0.25) is 0 Å². The molecule has 2 saturated carbocycles. The minimum absolute atomic E-state index is 0.0233. The van der Waals surface area contributed by atoms with Gasteiger partial charge in [0.15, 0.2) is 0 Å². The molecule has 242 valence electrons. The fraction of sp³-hybridized carbons (Fsp3) is 0.531. The lowest BCUT2D eigenvalue weighted by Gasteiger charge is -2.47. The fourth-order valence-electron chi connectivity index (χ4n) is 6.11. The van der Waals surface area contributed by atoms with Gasteiger partial charge in [-0.05, 0) is 95.2 Å². The number of halogens is 3. The monoisotopic (exact) mass is 628 g/mol. The van der Waals surface area contributed by atoms with E-state index in [0.29, 0.717) is 31.4 Å². The van der Waals surface area contributed by atoms with E-state index in [1.807, 2.05) is 24.6 Å². The van der Waals surface area contributed by atoms with Gasteiger partial charge in [-0.15, -0.1) is 10.2 Å². The van der Waals surface area contributed by atoms with Crippen LogP contribution in [0.4, 0.5) is 23.7 Å². The van der Waals surface area contributed by atoms with E-state index < -0.39 is 46.1 Å². The second-order valence-corrected chi connectivity index (χ2v) is 13.3. The molecule has 2 heterocycles. The highest BCUT2D eigenvalue weighted by Gasteiger charge is 2.50. The second kappa shape index (κ2) is 11.7. The SMILES string of the molecule is COC1CC(c2cccc(NC(=O)c3cc(CN(C(=O)OC(C)(C)C)C4(C)CCC4)cc(C(F)(F)F)n3)c2)(c2nncn2C)C1. The predicted octanol–water partition coefficient (Wildman–Crippen LogP) is 6.26. The highest BCUT2D eigenvalue weighted by atomic mass is 19.4. The molecule has 3 aromatic rings. The smallest absolute Gasteiger partial charge is 0.433 e. The summed E-state index contributed by atoms with van der Waals surface area (Å²) in [5.41, 5.74) is -2.13. The number of anilines is 1. The van der Waals surface area contributed by atoms with Crippen molar-refractivity contribution >= 4 is 17.7 Å². The number of nitrogens with one attached hydrogen (secondary N) is 1. The summed E-state index contributed by atoms with van der Waals surface area (Å²) in [4.78, 5) is 31.8. The Morgan fingerprint density at radius 3 is 2.40 bits per heavy atom. The van der Waals surface area contributed by atoms with Crippen LogP contribution in [0.25, 0.3) is 0 Å². The van der Waals surface area contributed by atoms with E-state index in [1.54, 1.807) is 52.4 Å². The lowest BCUT2D eigenvalue weighted by atomic mass is 9.62. The molecule has 0 aliphatic heterocycles. The van der Waals surface area contributed by atoms with E-state index >= 15 is 0 Å². The average molecular weight is 629 g/mol. The summed E-state index contributed by atoms with van der Waals surface area (Å²) in [6, 6.07) is 9.31. The summed E-state index contributed by atoms with van der Waals surface area (Å²) in [7, 11) is 3.51. The van der Waals surface area contributed by atoms with E-state index in [-0.39, 0.29) is 18.2 Å². The molecular weight excluding hydrogens is 589 g/mol. The third-order valence-corrected chi connectivity index (χ3v) is 8.74. The normalized spacial score (nSPS) is 21.0. The molecule has 0 spiro atoms. The van der Waals surface area contributed by atoms with Crippen LogP contribution in [0.3, 0.4) is 0 Å². The van der Waals surface area contributed by atoms with Crippen molar-refractivity contribution in [2.45, 2.75) is 95.2 Å². The Labute approximate surface area is 260 Å². The van der Waals surface area contributed by atoms with Crippen molar-refractivity contribution in [2.75, 3.05) is 12.4 Å². The maximum Gasteiger partial charge on any atom is 0.433 e. The molecule has 1 aromatic carbocycles. The highest BCUT2D eigenvalue weighted by molar-refractivity contribution is 6.03. The molecule has 0 radical (unpaired) electrons. The number of nitrogens with zero attached hydrogens (tertiary/aromatic N) is 5. The number of carbonyl (C=O) groups is 2. The third-order valence-electron chi connectivity index (χ3n) is 8.74. The van der Waals surface area contributed by atoms with Gasteiger partial charge in [0.1, 0.15) is 29.1 Å². The Kier molecular flexibility index (Phi) is 8.45. The van der Waals surface area contributed by atoms with Gasteiger partial charge < -0.3 is 19.4 Å². The van der Waals surface area contributed by atoms with Gasteiger partial charge in [0.05, 0.1) is 11.5 Å². The van der Waals surface area contributed by atoms with Gasteiger partial charge in [0.25, 0.3) is 5.91 Å². The first-order valence-corrected chi connectivity index (χ1v) is 14.9. The topological polar surface area (TPSA) is 111 Å². The van der Waals surface area contributed by atoms with E-state index in [4.69, 9.17) is 9.47 Å². The largest absolute Gasteiger partial charge is 0.444 e. The second-order valence-electron chi connectivity index (χ2n) is 13.3. The summed E-state index contributed by atoms with van der Waals surface area (Å²) in [6.07, 6.45) is -0.227. The van der Waals surface area contributed by atoms with Crippen molar-refractivity contribution in [1.82, 2.24) is 24.6 Å². The van der Waals surface area contributed by atoms with Crippen LogP contribution in [0.5, 0.6) is 0 Å². The first kappa shape index (κ1) is 32.4. The van der Waals surface area contributed by atoms with Gasteiger partial charge in [0.2, 0.25) is 0 Å². The summed E-state index contributed by atoms with van der Waals surface area (Å²) in [5, 5.41) is 11.1. The number of carbonyl (C=O) groups excluding carboxylic acids is 2. The molecule has 0 saturated heterocycles. The summed E-state index contributed by atoms with van der Waals surface area (Å²) in [6.45, 7) is 6.90. The van der Waals surface area contributed by atoms with Crippen molar-refractivity contribution in [2.24, 2.45) is 7.05 Å². The molecule has 2 fully saturated rings. The Balaban J connectivity index is 1.44. The Bertz CT molecular complexity index is 1570. The maximum atomic E-state index is 14.0. The van der Waals surface area contributed by atoms with Gasteiger partial charge in [-0.25, -0.2) is 9.78 Å². The molecule has 5 rings (SSSR count). The fourth-order valence-corrected chi connectivity index (χ4v) is 6.11. The van der Waals surface area contributed by atoms with Gasteiger partial charge in [-0.1, -0.05) is 12.1 Å². The molecule has 0 atom stereocenters. The first-order chi connectivity index (χ1) is 21.0. The molecule has 13 heteroatoms. The van der Waals surface area contributed by atoms with Crippen molar-refractivity contribution < 1.29 is 32.2 Å². The van der Waals surface area contributed by atoms with Crippen LogP contribution < -0.4 is 5.32 Å². The van der Waals surface area contributed by atoms with Crippen molar-refractivity contribution in [1.29, 1.82) is 0 Å². The number of rotatable bonds is 8. The van der Waals surface area contributed by atoms with Gasteiger partial charge in [0, 0.05) is 31.9 Å². The number of amides is 2. The highest BCUT2D eigenvalue weighted by Crippen LogP contribution is 2.49. The number of ether oxygens (including phenoxy) is 2. The number of pyridine rings is 1. The summed E-state index contributed by atoms with van der Waals surface area (Å²) >= 11 is 0. The van der Waals surface area contributed by atoms with E-state index in [0.717, 1.165) is 23.9 Å². The van der Waals surface area contributed by atoms with E-state index in [1.165, 1.54) is 11.0 Å². The molecule has 2 amide bonds. The minimum Gasteiger partial charge on any atom is -0.444 e. The molecule has 0 unspecified atom stereocenters. The number of alkyl halides is 3. The summed E-state index contributed by atoms with van der Waals surface area (Å²) in [5.74, 6) is -0.0626. The van der Waals surface area contributed by atoms with E-state index in [2.05, 4.69) is 20.5 Å². The standard InChI is InChI=1S/C32H39F3N6O4/c1-29(2,3)45-28(43)41(30(4)11-8-12-30)18-20-13-24(38-25(14-20)32(33,34)35)26(42)37-22-10-7-9-21(15-22)31(16-23(17-31)44-6)27-39-36-19-40(27)5/h7,9-10,13-15,19,23H,8,11-12,16-18H2,1-6H3,(H,37,42). The predicted molar refractivity (Wildman–Crippen MR) is 159 cm³/mol. The number of benzene rings is 1. The van der Waals surface area contributed by atoms with Crippen LogP contribution in [0.1, 0.15) is 92.9 Å². The van der Waals surface area contributed by atoms with Crippen molar-refractivity contribution in [3.8, 4) is 0 Å². The Morgan fingerprint density at radius 2 is 1.84 bits per heavy atom. The van der Waals surface area contributed by atoms with Gasteiger partial charge >= 0.3 is 12.3 Å². The van der Waals surface area contributed by atoms with Crippen molar-refractivity contribution in [3.05, 3.63) is 71.1 Å². The zero-order valence-electron chi connectivity index (χ0n) is 26.4. The quantitative estimate of drug-likeness (QED) is 0.314. The molecular formula is C32H39F3N6O4. The zero-order chi connectivity index (χ0) is 32.8. The molecule has 2 aromatic heterocycles. The van der Waals surface area contributed by atoms with Crippen LogP contribution >= 0.6 is 0 Å². The van der Waals surface area contributed by atoms with Crippen LogP contribution in [0.15, 0.2) is 42.7 Å². The van der Waals surface area contributed by atoms with Crippen molar-refractivity contribution in [3.63, 3.8) is 0 Å². The number of hydrogen-bond donors (Lipinski definition) is 1. The molecule has 2 aliphatic carbocycles. The van der Waals surface area contributed by atoms with Gasteiger partial charge in [-0.2, -0.15) is 13.2 Å². The molecule has 1 N–H and O–H groups in total. The Hall–Kier alpha value is -4.00. The van der Waals surface area contributed by atoms with Crippen LogP contribution in [-0.2, 0) is 34.7 Å². The molecule has 45 heavy (non-hydrogen) atoms. The number of hydrogen-bond acceptors (Lipinski definition) is 7. The van der Waals surface area contributed by atoms with Crippen LogP contribution in [-0.4, -0.2) is 61.0 Å². The number of methoxy groups -OCH3 is 1. The Morgan fingerprint density at radius 1 is 1.13 bits per heavy atom. The average Bonchev–Trinajstić information content (AvgIpc) is 3.34. The molecule has 2 aliphatic rings. The minimum atomic E-state index is -4.81. The number of aryl methyl sites for hydroxylation is 1. The summed E-state index contributed by atoms with van der Waals surface area (Å²) < 4.78 is 55.0. The maximum absolute atomic E-state index is 14.0. The van der Waals surface area contributed by atoms with Crippen LogP contribution in [0, 0.1) is 0 Å². The first-order valence-electron chi connectivity index (χ1n) is 14.9. The molecule has 0 bridgehead atoms.